The van der Waals surface area contributed by atoms with Crippen LogP contribution >= 0.6 is 0 Å². The lowest BCUT2D eigenvalue weighted by Crippen LogP contribution is -2.31. The Morgan fingerprint density at radius 1 is 1.47 bits per heavy atom. The van der Waals surface area contributed by atoms with Crippen LogP contribution in [0.3, 0.4) is 0 Å². The second-order valence-electron chi connectivity index (χ2n) is 4.03. The van der Waals surface area contributed by atoms with Crippen LogP contribution in [-0.2, 0) is 4.79 Å². The van der Waals surface area contributed by atoms with Crippen molar-refractivity contribution in [3.8, 4) is 0 Å². The zero-order valence-corrected chi connectivity index (χ0v) is 9.88. The molecule has 4 nitrogen and oxygen atoms in total. The van der Waals surface area contributed by atoms with Crippen LogP contribution < -0.4 is 0 Å². The van der Waals surface area contributed by atoms with E-state index in [1.807, 2.05) is 37.3 Å². The molecule has 1 atom stereocenters. The standard InChI is InChI=1S/C13H15NO3/c1-9(14(2)13(16)8-15)12-7-10-5-3-4-6-11(10)17-12/h3-7,9,15H,8H2,1-2H3. The number of aliphatic hydroxyl groups excluding tert-OH is 1. The minimum Gasteiger partial charge on any atom is -0.459 e. The minimum atomic E-state index is -0.485. The van der Waals surface area contributed by atoms with Gasteiger partial charge in [0, 0.05) is 12.4 Å². The Labute approximate surface area is 99.4 Å². The normalized spacial score (nSPS) is 12.6. The van der Waals surface area contributed by atoms with Crippen LogP contribution in [0, 0.1) is 0 Å². The number of rotatable bonds is 3. The van der Waals surface area contributed by atoms with Crippen LogP contribution in [0.5, 0.6) is 0 Å². The highest BCUT2D eigenvalue weighted by molar-refractivity contribution is 5.79. The summed E-state index contributed by atoms with van der Waals surface area (Å²) in [4.78, 5) is 12.8. The van der Waals surface area contributed by atoms with E-state index in [2.05, 4.69) is 0 Å². The Morgan fingerprint density at radius 2 is 2.18 bits per heavy atom. The first-order valence-electron chi connectivity index (χ1n) is 5.48. The van der Waals surface area contributed by atoms with Gasteiger partial charge in [-0.3, -0.25) is 4.79 Å². The van der Waals surface area contributed by atoms with E-state index in [9.17, 15) is 4.79 Å². The van der Waals surface area contributed by atoms with Gasteiger partial charge in [0.05, 0.1) is 6.04 Å². The number of aliphatic hydroxyl groups is 1. The predicted octanol–water partition coefficient (Wildman–Crippen LogP) is 1.94. The Morgan fingerprint density at radius 3 is 2.82 bits per heavy atom. The molecule has 2 aromatic rings. The Hall–Kier alpha value is -1.81. The molecule has 0 saturated heterocycles. The van der Waals surface area contributed by atoms with Gasteiger partial charge in [0.2, 0.25) is 5.91 Å². The minimum absolute atomic E-state index is 0.193. The molecule has 0 radical (unpaired) electrons. The fourth-order valence-electron chi connectivity index (χ4n) is 1.73. The third-order valence-corrected chi connectivity index (χ3v) is 2.97. The molecule has 0 bridgehead atoms. The molecule has 0 aliphatic heterocycles. The Balaban J connectivity index is 2.30. The lowest BCUT2D eigenvalue weighted by Gasteiger charge is -2.22. The molecule has 2 rings (SSSR count). The number of furan rings is 1. The fourth-order valence-corrected chi connectivity index (χ4v) is 1.73. The quantitative estimate of drug-likeness (QED) is 0.881. The third kappa shape index (κ3) is 2.17. The monoisotopic (exact) mass is 233 g/mol. The largest absolute Gasteiger partial charge is 0.459 e. The second-order valence-corrected chi connectivity index (χ2v) is 4.03. The number of hydrogen-bond acceptors (Lipinski definition) is 3. The zero-order chi connectivity index (χ0) is 12.4. The summed E-state index contributed by atoms with van der Waals surface area (Å²) in [6, 6.07) is 9.42. The van der Waals surface area contributed by atoms with E-state index < -0.39 is 6.61 Å². The fraction of sp³-hybridized carbons (Fsp3) is 0.308. The molecule has 1 heterocycles. The van der Waals surface area contributed by atoms with Crippen LogP contribution in [0.2, 0.25) is 0 Å². The average molecular weight is 233 g/mol. The predicted molar refractivity (Wildman–Crippen MR) is 64.5 cm³/mol. The number of carbonyl (C=O) groups is 1. The molecule has 4 heteroatoms. The summed E-state index contributed by atoms with van der Waals surface area (Å²) >= 11 is 0. The van der Waals surface area contributed by atoms with Crippen LogP contribution in [-0.4, -0.2) is 29.6 Å². The molecule has 17 heavy (non-hydrogen) atoms. The molecule has 1 unspecified atom stereocenters. The van der Waals surface area contributed by atoms with Crippen LogP contribution in [0.25, 0.3) is 11.0 Å². The van der Waals surface area contributed by atoms with Crippen LogP contribution in [0.15, 0.2) is 34.7 Å². The van der Waals surface area contributed by atoms with Crippen molar-refractivity contribution >= 4 is 16.9 Å². The smallest absolute Gasteiger partial charge is 0.248 e. The first-order chi connectivity index (χ1) is 8.13. The Kier molecular flexibility index (Phi) is 3.15. The molecule has 0 aliphatic rings. The molecule has 90 valence electrons. The average Bonchev–Trinajstić information content (AvgIpc) is 2.79. The van der Waals surface area contributed by atoms with E-state index in [0.29, 0.717) is 0 Å². The lowest BCUT2D eigenvalue weighted by molar-refractivity contribution is -0.135. The second kappa shape index (κ2) is 4.59. The number of nitrogens with zero attached hydrogens (tertiary/aromatic N) is 1. The maximum atomic E-state index is 11.4. The molecule has 0 saturated carbocycles. The summed E-state index contributed by atoms with van der Waals surface area (Å²) in [7, 11) is 1.65. The number of likely N-dealkylation sites (N-methyl/N-ethyl adjacent to an activating group) is 1. The van der Waals surface area contributed by atoms with Gasteiger partial charge in [-0.1, -0.05) is 18.2 Å². The first-order valence-corrected chi connectivity index (χ1v) is 5.48. The van der Waals surface area contributed by atoms with Gasteiger partial charge in [-0.15, -0.1) is 0 Å². The van der Waals surface area contributed by atoms with Gasteiger partial charge in [-0.25, -0.2) is 0 Å². The summed E-state index contributed by atoms with van der Waals surface area (Å²) < 4.78 is 5.67. The summed E-state index contributed by atoms with van der Waals surface area (Å²) in [5.41, 5.74) is 0.805. The van der Waals surface area contributed by atoms with Gasteiger partial charge in [0.25, 0.3) is 0 Å². The molecule has 1 amide bonds. The highest BCUT2D eigenvalue weighted by Crippen LogP contribution is 2.26. The highest BCUT2D eigenvalue weighted by atomic mass is 16.3. The summed E-state index contributed by atoms with van der Waals surface area (Å²) in [5, 5.41) is 9.83. The number of hydrogen-bond donors (Lipinski definition) is 1. The van der Waals surface area contributed by atoms with Crippen molar-refractivity contribution in [2.24, 2.45) is 0 Å². The molecule has 1 aromatic carbocycles. The van der Waals surface area contributed by atoms with Gasteiger partial charge >= 0.3 is 0 Å². The van der Waals surface area contributed by atoms with Crippen molar-refractivity contribution in [2.75, 3.05) is 13.7 Å². The molecule has 1 aromatic heterocycles. The molecule has 0 fully saturated rings. The van der Waals surface area contributed by atoms with E-state index in [4.69, 9.17) is 9.52 Å². The van der Waals surface area contributed by atoms with Gasteiger partial charge < -0.3 is 14.4 Å². The van der Waals surface area contributed by atoms with E-state index in [1.54, 1.807) is 7.05 Å². The zero-order valence-electron chi connectivity index (χ0n) is 9.88. The molecule has 0 aliphatic carbocycles. The van der Waals surface area contributed by atoms with Gasteiger partial charge in [-0.2, -0.15) is 0 Å². The highest BCUT2D eigenvalue weighted by Gasteiger charge is 2.19. The van der Waals surface area contributed by atoms with Crippen molar-refractivity contribution < 1.29 is 14.3 Å². The van der Waals surface area contributed by atoms with Crippen molar-refractivity contribution in [3.05, 3.63) is 36.1 Å². The number of fused-ring (bicyclic) bond motifs is 1. The van der Waals surface area contributed by atoms with Crippen molar-refractivity contribution in [1.82, 2.24) is 4.90 Å². The maximum Gasteiger partial charge on any atom is 0.248 e. The van der Waals surface area contributed by atoms with Gasteiger partial charge in [0.1, 0.15) is 18.0 Å². The molecular weight excluding hydrogens is 218 g/mol. The summed E-state index contributed by atoms with van der Waals surface area (Å²) in [5.74, 6) is 0.397. The Bertz CT molecular complexity index is 499. The third-order valence-electron chi connectivity index (χ3n) is 2.97. The van der Waals surface area contributed by atoms with E-state index in [1.165, 1.54) is 4.90 Å². The van der Waals surface area contributed by atoms with E-state index in [-0.39, 0.29) is 11.9 Å². The van der Waals surface area contributed by atoms with Crippen molar-refractivity contribution in [1.29, 1.82) is 0 Å². The van der Waals surface area contributed by atoms with Crippen LogP contribution in [0.1, 0.15) is 18.7 Å². The topological polar surface area (TPSA) is 53.7 Å². The van der Waals surface area contributed by atoms with E-state index >= 15 is 0 Å². The number of para-hydroxylation sites is 1. The molecule has 0 spiro atoms. The maximum absolute atomic E-state index is 11.4. The first kappa shape index (κ1) is 11.7. The van der Waals surface area contributed by atoms with Gasteiger partial charge in [0.15, 0.2) is 0 Å². The number of amides is 1. The molecule has 1 N–H and O–H groups in total. The lowest BCUT2D eigenvalue weighted by atomic mass is 10.2. The van der Waals surface area contributed by atoms with E-state index in [0.717, 1.165) is 16.7 Å². The number of carbonyl (C=O) groups excluding carboxylic acids is 1. The molecular formula is C13H15NO3. The SMILES string of the molecule is CC(c1cc2ccccc2o1)N(C)C(=O)CO. The van der Waals surface area contributed by atoms with Gasteiger partial charge in [-0.05, 0) is 19.1 Å². The summed E-state index contributed by atoms with van der Waals surface area (Å²) in [6.45, 7) is 1.38. The number of benzene rings is 1. The van der Waals surface area contributed by atoms with Crippen molar-refractivity contribution in [2.45, 2.75) is 13.0 Å². The van der Waals surface area contributed by atoms with Crippen molar-refractivity contribution in [3.63, 3.8) is 0 Å². The summed E-state index contributed by atoms with van der Waals surface area (Å²) in [6.07, 6.45) is 0. The van der Waals surface area contributed by atoms with Crippen LogP contribution in [0.4, 0.5) is 0 Å².